The van der Waals surface area contributed by atoms with Gasteiger partial charge >= 0.3 is 0 Å². The van der Waals surface area contributed by atoms with Gasteiger partial charge < -0.3 is 0 Å². The maximum absolute atomic E-state index is 2.46. The molecule has 9 aromatic carbocycles. The summed E-state index contributed by atoms with van der Waals surface area (Å²) < 4.78 is 0. The van der Waals surface area contributed by atoms with E-state index in [9.17, 15) is 0 Å². The van der Waals surface area contributed by atoms with E-state index in [1.165, 1.54) is 87.6 Å². The van der Waals surface area contributed by atoms with E-state index in [1.54, 1.807) is 0 Å². The van der Waals surface area contributed by atoms with Gasteiger partial charge in [-0.15, -0.1) is 0 Å². The number of hydrogen-bond acceptors (Lipinski definition) is 0. The topological polar surface area (TPSA) is 0 Å². The quantitative estimate of drug-likeness (QED) is 0.142. The summed E-state index contributed by atoms with van der Waals surface area (Å²) in [5.41, 5.74) is 10.5. The van der Waals surface area contributed by atoms with Crippen molar-refractivity contribution in [2.45, 2.75) is 38.5 Å². The average molecular weight is 667 g/mol. The SMILES string of the molecule is CCC(CC(C)c1ccccc1)c1ccc(-c2ccc3c(-c4cccc5ccccc45)c4ccccc4c(-c4cccc5ccccc45)c3c2)cc1. The average Bonchev–Trinajstić information content (AvgIpc) is 3.22. The minimum atomic E-state index is 0.518. The van der Waals surface area contributed by atoms with Crippen molar-refractivity contribution < 1.29 is 0 Å². The van der Waals surface area contributed by atoms with Crippen LogP contribution in [0.15, 0.2) is 182 Å². The summed E-state index contributed by atoms with van der Waals surface area (Å²) in [6, 6.07) is 67.7. The second kappa shape index (κ2) is 13.6. The Morgan fingerprint density at radius 2 is 0.865 bits per heavy atom. The van der Waals surface area contributed by atoms with Crippen molar-refractivity contribution in [2.24, 2.45) is 0 Å². The molecule has 0 aliphatic heterocycles. The summed E-state index contributed by atoms with van der Waals surface area (Å²) in [6.07, 6.45) is 2.28. The van der Waals surface area contributed by atoms with Gasteiger partial charge in [-0.1, -0.05) is 190 Å². The predicted octanol–water partition coefficient (Wildman–Crippen LogP) is 15.0. The molecule has 0 spiro atoms. The van der Waals surface area contributed by atoms with Crippen molar-refractivity contribution in [3.63, 3.8) is 0 Å². The molecule has 0 heterocycles. The number of fused-ring (bicyclic) bond motifs is 4. The molecule has 0 heteroatoms. The monoisotopic (exact) mass is 666 g/mol. The molecule has 0 nitrogen and oxygen atoms in total. The largest absolute Gasteiger partial charge is 0.0648 e. The summed E-state index contributed by atoms with van der Waals surface area (Å²) in [7, 11) is 0. The summed E-state index contributed by atoms with van der Waals surface area (Å²) in [5.74, 6) is 1.04. The van der Waals surface area contributed by atoms with Gasteiger partial charge in [-0.3, -0.25) is 0 Å². The van der Waals surface area contributed by atoms with Gasteiger partial charge in [0.05, 0.1) is 0 Å². The van der Waals surface area contributed by atoms with Crippen molar-refractivity contribution in [2.75, 3.05) is 0 Å². The molecule has 0 saturated heterocycles. The van der Waals surface area contributed by atoms with Crippen LogP contribution in [0.1, 0.15) is 49.7 Å². The van der Waals surface area contributed by atoms with Crippen LogP contribution in [0.3, 0.4) is 0 Å². The summed E-state index contributed by atoms with van der Waals surface area (Å²) >= 11 is 0. The van der Waals surface area contributed by atoms with Gasteiger partial charge in [0, 0.05) is 0 Å². The summed E-state index contributed by atoms with van der Waals surface area (Å²) in [4.78, 5) is 0. The lowest BCUT2D eigenvalue weighted by molar-refractivity contribution is 0.544. The zero-order valence-electron chi connectivity index (χ0n) is 29.9. The Kier molecular flexibility index (Phi) is 8.37. The smallest absolute Gasteiger partial charge is 0.00199 e. The molecule has 9 aromatic rings. The van der Waals surface area contributed by atoms with Gasteiger partial charge in [0.1, 0.15) is 0 Å². The maximum atomic E-state index is 2.46. The Bertz CT molecular complexity index is 2690. The van der Waals surface area contributed by atoms with E-state index >= 15 is 0 Å². The van der Waals surface area contributed by atoms with Crippen LogP contribution in [0.25, 0.3) is 76.5 Å². The molecule has 0 fully saturated rings. The standard InChI is InChI=1S/C52H42/c1-3-36(33-35(2)37-15-5-4-6-16-37)38-27-29-39(30-28-38)42-31-32-49-50(34-42)52(46-26-14-20-41-18-8-10-22-44(41)46)48-24-12-11-23-47(48)51(49)45-25-13-19-40-17-7-9-21-43(40)45/h4-32,34-36H,3,33H2,1-2H3. The zero-order valence-corrected chi connectivity index (χ0v) is 29.9. The molecule has 250 valence electrons. The third kappa shape index (κ3) is 5.66. The van der Waals surface area contributed by atoms with Crippen LogP contribution in [-0.2, 0) is 0 Å². The highest BCUT2D eigenvalue weighted by molar-refractivity contribution is 6.25. The minimum Gasteiger partial charge on any atom is -0.0648 e. The maximum Gasteiger partial charge on any atom is -0.00199 e. The molecule has 0 aromatic heterocycles. The molecule has 0 bridgehead atoms. The van der Waals surface area contributed by atoms with Crippen LogP contribution in [0.4, 0.5) is 0 Å². The summed E-state index contributed by atoms with van der Waals surface area (Å²) in [6.45, 7) is 4.69. The van der Waals surface area contributed by atoms with Gasteiger partial charge in [-0.05, 0) is 118 Å². The van der Waals surface area contributed by atoms with Gasteiger partial charge in [0.25, 0.3) is 0 Å². The molecule has 2 atom stereocenters. The molecule has 0 aliphatic rings. The third-order valence-corrected chi connectivity index (χ3v) is 11.4. The minimum absolute atomic E-state index is 0.518. The van der Waals surface area contributed by atoms with Crippen molar-refractivity contribution in [3.8, 4) is 33.4 Å². The number of rotatable bonds is 8. The second-order valence-corrected chi connectivity index (χ2v) is 14.4. The first-order chi connectivity index (χ1) is 25.7. The lowest BCUT2D eigenvalue weighted by Crippen LogP contribution is -2.03. The lowest BCUT2D eigenvalue weighted by Gasteiger charge is -2.21. The van der Waals surface area contributed by atoms with Crippen molar-refractivity contribution in [1.82, 2.24) is 0 Å². The van der Waals surface area contributed by atoms with Crippen LogP contribution < -0.4 is 0 Å². The Morgan fingerprint density at radius 1 is 0.385 bits per heavy atom. The highest BCUT2D eigenvalue weighted by atomic mass is 14.2. The van der Waals surface area contributed by atoms with E-state index in [-0.39, 0.29) is 0 Å². The van der Waals surface area contributed by atoms with E-state index < -0.39 is 0 Å². The van der Waals surface area contributed by atoms with Crippen molar-refractivity contribution in [3.05, 3.63) is 193 Å². The highest BCUT2D eigenvalue weighted by Gasteiger charge is 2.20. The Labute approximate surface area is 307 Å². The molecule has 9 rings (SSSR count). The molecule has 0 N–H and O–H groups in total. The molecule has 52 heavy (non-hydrogen) atoms. The van der Waals surface area contributed by atoms with E-state index in [0.29, 0.717) is 11.8 Å². The van der Waals surface area contributed by atoms with E-state index in [0.717, 1.165) is 12.8 Å². The van der Waals surface area contributed by atoms with Gasteiger partial charge in [0.15, 0.2) is 0 Å². The Balaban J connectivity index is 1.24. The fourth-order valence-corrected chi connectivity index (χ4v) is 8.66. The van der Waals surface area contributed by atoms with Gasteiger partial charge in [-0.2, -0.15) is 0 Å². The first-order valence-corrected chi connectivity index (χ1v) is 18.8. The van der Waals surface area contributed by atoms with Crippen LogP contribution in [0, 0.1) is 0 Å². The van der Waals surface area contributed by atoms with E-state index in [1.807, 2.05) is 0 Å². The first kappa shape index (κ1) is 32.0. The van der Waals surface area contributed by atoms with E-state index in [4.69, 9.17) is 0 Å². The van der Waals surface area contributed by atoms with Crippen molar-refractivity contribution in [1.29, 1.82) is 0 Å². The van der Waals surface area contributed by atoms with Crippen LogP contribution in [-0.4, -0.2) is 0 Å². The number of hydrogen-bond donors (Lipinski definition) is 0. The lowest BCUT2D eigenvalue weighted by atomic mass is 9.82. The molecule has 0 aliphatic carbocycles. The molecule has 2 unspecified atom stereocenters. The third-order valence-electron chi connectivity index (χ3n) is 11.4. The first-order valence-electron chi connectivity index (χ1n) is 18.8. The fourth-order valence-electron chi connectivity index (χ4n) is 8.66. The zero-order chi connectivity index (χ0) is 35.0. The normalized spacial score (nSPS) is 12.8. The molecule has 0 radical (unpaired) electrons. The van der Waals surface area contributed by atoms with Crippen LogP contribution in [0.5, 0.6) is 0 Å². The van der Waals surface area contributed by atoms with Gasteiger partial charge in [-0.25, -0.2) is 0 Å². The van der Waals surface area contributed by atoms with Crippen molar-refractivity contribution >= 4 is 43.1 Å². The molecule has 0 saturated carbocycles. The predicted molar refractivity (Wildman–Crippen MR) is 225 cm³/mol. The molecular formula is C52H42. The molecular weight excluding hydrogens is 625 g/mol. The van der Waals surface area contributed by atoms with Crippen LogP contribution in [0.2, 0.25) is 0 Å². The van der Waals surface area contributed by atoms with Gasteiger partial charge in [0.2, 0.25) is 0 Å². The fraction of sp³-hybridized carbons (Fsp3) is 0.115. The summed E-state index contributed by atoms with van der Waals surface area (Å²) in [5, 5.41) is 10.2. The van der Waals surface area contributed by atoms with E-state index in [2.05, 4.69) is 196 Å². The highest BCUT2D eigenvalue weighted by Crippen LogP contribution is 2.47. The second-order valence-electron chi connectivity index (χ2n) is 14.4. The number of benzene rings is 9. The Hall–Kier alpha value is -5.98. The van der Waals surface area contributed by atoms with Crippen LogP contribution >= 0.6 is 0 Å². The Morgan fingerprint density at radius 3 is 1.46 bits per heavy atom. The molecule has 0 amide bonds.